The third-order valence-electron chi connectivity index (χ3n) is 4.26. The van der Waals surface area contributed by atoms with E-state index in [0.717, 1.165) is 16.9 Å². The quantitative estimate of drug-likeness (QED) is 0.536. The molecule has 4 rings (SSSR count). The Kier molecular flexibility index (Phi) is 5.15. The molecule has 0 spiro atoms. The Labute approximate surface area is 163 Å². The third kappa shape index (κ3) is 4.10. The molecule has 28 heavy (non-hydrogen) atoms. The molecule has 0 unspecified atom stereocenters. The average Bonchev–Trinajstić information content (AvgIpc) is 3.28. The van der Waals surface area contributed by atoms with E-state index in [-0.39, 0.29) is 5.91 Å². The summed E-state index contributed by atoms with van der Waals surface area (Å²) in [6.07, 6.45) is 3.64. The fraction of sp³-hybridized carbons (Fsp3) is 0.0435. The van der Waals surface area contributed by atoms with Crippen LogP contribution < -0.4 is 10.1 Å². The molecule has 5 heteroatoms. The average molecular weight is 369 g/mol. The number of nitrogens with zero attached hydrogens (tertiary/aromatic N) is 2. The van der Waals surface area contributed by atoms with Gasteiger partial charge < -0.3 is 10.1 Å². The highest BCUT2D eigenvalue weighted by molar-refractivity contribution is 6.06. The molecule has 0 aliphatic rings. The van der Waals surface area contributed by atoms with Crippen LogP contribution in [0.3, 0.4) is 0 Å². The number of rotatable bonds is 6. The van der Waals surface area contributed by atoms with Gasteiger partial charge in [0.1, 0.15) is 12.4 Å². The van der Waals surface area contributed by atoms with E-state index in [1.165, 1.54) is 0 Å². The third-order valence-corrected chi connectivity index (χ3v) is 4.26. The van der Waals surface area contributed by atoms with Gasteiger partial charge in [-0.15, -0.1) is 0 Å². The molecule has 0 saturated carbocycles. The van der Waals surface area contributed by atoms with Gasteiger partial charge in [-0.3, -0.25) is 4.79 Å². The van der Waals surface area contributed by atoms with Gasteiger partial charge in [0, 0.05) is 18.1 Å². The van der Waals surface area contributed by atoms with Crippen molar-refractivity contribution in [1.29, 1.82) is 0 Å². The Morgan fingerprint density at radius 1 is 0.893 bits per heavy atom. The summed E-state index contributed by atoms with van der Waals surface area (Å²) in [6, 6.07) is 26.4. The van der Waals surface area contributed by atoms with Gasteiger partial charge >= 0.3 is 0 Å². The fourth-order valence-corrected chi connectivity index (χ4v) is 2.83. The van der Waals surface area contributed by atoms with Crippen LogP contribution in [0, 0.1) is 0 Å². The normalized spacial score (nSPS) is 10.4. The molecule has 1 aromatic heterocycles. The maximum absolute atomic E-state index is 12.6. The molecule has 1 amide bonds. The van der Waals surface area contributed by atoms with Crippen molar-refractivity contribution in [3.05, 3.63) is 108 Å². The first-order valence-corrected chi connectivity index (χ1v) is 8.97. The SMILES string of the molecule is O=C(Nc1ccccc1)c1ccccc1OCc1ccc(-n2cccn2)cc1. The Morgan fingerprint density at radius 2 is 1.64 bits per heavy atom. The molecule has 0 atom stereocenters. The number of hydrogen-bond acceptors (Lipinski definition) is 3. The predicted octanol–water partition coefficient (Wildman–Crippen LogP) is 4.70. The first kappa shape index (κ1) is 17.5. The molecule has 0 fully saturated rings. The van der Waals surface area contributed by atoms with Crippen molar-refractivity contribution >= 4 is 11.6 Å². The van der Waals surface area contributed by atoms with Gasteiger partial charge in [0.15, 0.2) is 0 Å². The molecule has 1 N–H and O–H groups in total. The van der Waals surface area contributed by atoms with Gasteiger partial charge in [-0.1, -0.05) is 42.5 Å². The second-order valence-electron chi connectivity index (χ2n) is 6.22. The summed E-state index contributed by atoms with van der Waals surface area (Å²) in [5, 5.41) is 7.11. The van der Waals surface area contributed by atoms with Crippen molar-refractivity contribution in [2.75, 3.05) is 5.32 Å². The van der Waals surface area contributed by atoms with Crippen molar-refractivity contribution < 1.29 is 9.53 Å². The monoisotopic (exact) mass is 369 g/mol. The Balaban J connectivity index is 1.44. The van der Waals surface area contributed by atoms with E-state index in [1.807, 2.05) is 79.0 Å². The maximum atomic E-state index is 12.6. The first-order chi connectivity index (χ1) is 13.8. The van der Waals surface area contributed by atoms with Crippen LogP contribution in [0.2, 0.25) is 0 Å². The lowest BCUT2D eigenvalue weighted by molar-refractivity contribution is 0.102. The molecule has 4 aromatic rings. The minimum atomic E-state index is -0.198. The van der Waals surface area contributed by atoms with E-state index >= 15 is 0 Å². The van der Waals surface area contributed by atoms with Crippen molar-refractivity contribution in [2.45, 2.75) is 6.61 Å². The van der Waals surface area contributed by atoms with Crippen LogP contribution in [-0.4, -0.2) is 15.7 Å². The second-order valence-corrected chi connectivity index (χ2v) is 6.22. The lowest BCUT2D eigenvalue weighted by Gasteiger charge is -2.12. The largest absolute Gasteiger partial charge is 0.488 e. The van der Waals surface area contributed by atoms with Crippen molar-refractivity contribution in [3.63, 3.8) is 0 Å². The van der Waals surface area contributed by atoms with Crippen molar-refractivity contribution in [1.82, 2.24) is 9.78 Å². The molecule has 0 saturated heterocycles. The molecule has 0 aliphatic carbocycles. The van der Waals surface area contributed by atoms with E-state index < -0.39 is 0 Å². The minimum absolute atomic E-state index is 0.198. The summed E-state index contributed by atoms with van der Waals surface area (Å²) >= 11 is 0. The minimum Gasteiger partial charge on any atom is -0.488 e. The number of amides is 1. The lowest BCUT2D eigenvalue weighted by Crippen LogP contribution is -2.13. The van der Waals surface area contributed by atoms with E-state index in [1.54, 1.807) is 23.0 Å². The summed E-state index contributed by atoms with van der Waals surface area (Å²) in [5.41, 5.74) is 3.24. The van der Waals surface area contributed by atoms with Gasteiger partial charge in [-0.25, -0.2) is 4.68 Å². The molecule has 5 nitrogen and oxygen atoms in total. The Bertz CT molecular complexity index is 1040. The van der Waals surface area contributed by atoms with Crippen LogP contribution in [0.25, 0.3) is 5.69 Å². The maximum Gasteiger partial charge on any atom is 0.259 e. The van der Waals surface area contributed by atoms with Crippen LogP contribution in [-0.2, 0) is 6.61 Å². The van der Waals surface area contributed by atoms with Crippen LogP contribution in [0.15, 0.2) is 97.3 Å². The summed E-state index contributed by atoms with van der Waals surface area (Å²) in [5.74, 6) is 0.350. The van der Waals surface area contributed by atoms with E-state index in [4.69, 9.17) is 4.74 Å². The van der Waals surface area contributed by atoms with Crippen molar-refractivity contribution in [3.8, 4) is 11.4 Å². The van der Waals surface area contributed by atoms with E-state index in [0.29, 0.717) is 17.9 Å². The zero-order valence-electron chi connectivity index (χ0n) is 15.2. The van der Waals surface area contributed by atoms with E-state index in [2.05, 4.69) is 10.4 Å². The Hall–Kier alpha value is -3.86. The number of ether oxygens (including phenoxy) is 1. The highest BCUT2D eigenvalue weighted by Gasteiger charge is 2.12. The van der Waals surface area contributed by atoms with E-state index in [9.17, 15) is 4.79 Å². The molecular weight excluding hydrogens is 350 g/mol. The van der Waals surface area contributed by atoms with Gasteiger partial charge in [0.2, 0.25) is 0 Å². The number of carbonyl (C=O) groups excluding carboxylic acids is 1. The van der Waals surface area contributed by atoms with Gasteiger partial charge in [-0.05, 0) is 48.0 Å². The number of carbonyl (C=O) groups is 1. The summed E-state index contributed by atoms with van der Waals surface area (Å²) < 4.78 is 7.73. The number of nitrogens with one attached hydrogen (secondary N) is 1. The van der Waals surface area contributed by atoms with Crippen LogP contribution in [0.1, 0.15) is 15.9 Å². The zero-order chi connectivity index (χ0) is 19.2. The summed E-state index contributed by atoms with van der Waals surface area (Å²) in [6.45, 7) is 0.370. The summed E-state index contributed by atoms with van der Waals surface area (Å²) in [7, 11) is 0. The van der Waals surface area contributed by atoms with Crippen LogP contribution in [0.4, 0.5) is 5.69 Å². The van der Waals surface area contributed by atoms with Crippen molar-refractivity contribution in [2.24, 2.45) is 0 Å². The number of hydrogen-bond donors (Lipinski definition) is 1. The fourth-order valence-electron chi connectivity index (χ4n) is 2.83. The highest BCUT2D eigenvalue weighted by atomic mass is 16.5. The molecule has 1 heterocycles. The number of aromatic nitrogens is 2. The summed E-state index contributed by atoms with van der Waals surface area (Å²) in [4.78, 5) is 12.6. The molecule has 3 aromatic carbocycles. The lowest BCUT2D eigenvalue weighted by atomic mass is 10.1. The molecule has 138 valence electrons. The Morgan fingerprint density at radius 3 is 2.39 bits per heavy atom. The highest BCUT2D eigenvalue weighted by Crippen LogP contribution is 2.21. The van der Waals surface area contributed by atoms with Gasteiger partial charge in [-0.2, -0.15) is 5.10 Å². The number of para-hydroxylation sites is 2. The molecule has 0 bridgehead atoms. The predicted molar refractivity (Wildman–Crippen MR) is 109 cm³/mol. The number of anilines is 1. The molecule has 0 aliphatic heterocycles. The molecular formula is C23H19N3O2. The molecule has 0 radical (unpaired) electrons. The smallest absolute Gasteiger partial charge is 0.259 e. The standard InChI is InChI=1S/C23H19N3O2/c27-23(25-19-7-2-1-3-8-19)21-9-4-5-10-22(21)28-17-18-11-13-20(14-12-18)26-16-6-15-24-26/h1-16H,17H2,(H,25,27). The second kappa shape index (κ2) is 8.22. The number of benzene rings is 3. The van der Waals surface area contributed by atoms with Crippen LogP contribution >= 0.6 is 0 Å². The topological polar surface area (TPSA) is 56.1 Å². The van der Waals surface area contributed by atoms with Crippen LogP contribution in [0.5, 0.6) is 5.75 Å². The zero-order valence-corrected chi connectivity index (χ0v) is 15.2. The van der Waals surface area contributed by atoms with Gasteiger partial charge in [0.25, 0.3) is 5.91 Å². The first-order valence-electron chi connectivity index (χ1n) is 8.97. The van der Waals surface area contributed by atoms with Gasteiger partial charge in [0.05, 0.1) is 11.3 Å².